The highest BCUT2D eigenvalue weighted by Gasteiger charge is 2.22. The fourth-order valence-electron chi connectivity index (χ4n) is 3.85. The molecule has 1 aromatic carbocycles. The first-order valence-corrected chi connectivity index (χ1v) is 10.5. The number of aromatic amines is 1. The summed E-state index contributed by atoms with van der Waals surface area (Å²) in [6.45, 7) is 1.19. The summed E-state index contributed by atoms with van der Waals surface area (Å²) in [5.74, 6) is 1.36. The van der Waals surface area contributed by atoms with Crippen molar-refractivity contribution in [3.8, 4) is 6.07 Å². The van der Waals surface area contributed by atoms with Crippen LogP contribution in [0.4, 0.5) is 21.8 Å². The molecule has 1 fully saturated rings. The quantitative estimate of drug-likeness (QED) is 0.601. The summed E-state index contributed by atoms with van der Waals surface area (Å²) in [4.78, 5) is 23.8. The Hall–Kier alpha value is -3.54. The third kappa shape index (κ3) is 4.79. The molecule has 1 aliphatic heterocycles. The van der Waals surface area contributed by atoms with Crippen molar-refractivity contribution >= 4 is 28.4 Å². The summed E-state index contributed by atoms with van der Waals surface area (Å²) in [6, 6.07) is 9.91. The summed E-state index contributed by atoms with van der Waals surface area (Å²) in [5.41, 5.74) is 1.94. The van der Waals surface area contributed by atoms with Gasteiger partial charge >= 0.3 is 0 Å². The van der Waals surface area contributed by atoms with Gasteiger partial charge in [-0.15, -0.1) is 0 Å². The van der Waals surface area contributed by atoms with Gasteiger partial charge in [-0.3, -0.25) is 9.18 Å². The lowest BCUT2D eigenvalue weighted by Crippen LogP contribution is -2.35. The van der Waals surface area contributed by atoms with Gasteiger partial charge in [-0.25, -0.2) is 10.1 Å². The number of hydrogen-bond acceptors (Lipinski definition) is 7. The van der Waals surface area contributed by atoms with Gasteiger partial charge in [-0.2, -0.15) is 15.3 Å². The van der Waals surface area contributed by atoms with E-state index in [1.165, 1.54) is 6.20 Å². The Morgan fingerprint density at radius 3 is 2.71 bits per heavy atom. The highest BCUT2D eigenvalue weighted by molar-refractivity contribution is 5.90. The second-order valence-corrected chi connectivity index (χ2v) is 7.74. The number of fused-ring (bicyclic) bond motifs is 1. The number of halogens is 1. The van der Waals surface area contributed by atoms with E-state index in [9.17, 15) is 9.18 Å². The number of nitriles is 1. The molecule has 160 valence electrons. The van der Waals surface area contributed by atoms with Gasteiger partial charge in [0.25, 0.3) is 5.56 Å². The number of piperidine rings is 1. The topological polar surface area (TPSA) is 111 Å². The van der Waals surface area contributed by atoms with E-state index in [4.69, 9.17) is 5.26 Å². The number of nitrogens with one attached hydrogen (secondary N) is 2. The Morgan fingerprint density at radius 1 is 1.23 bits per heavy atom. The Kier molecular flexibility index (Phi) is 6.36. The number of aryl methyl sites for hydroxylation is 1. The molecule has 3 heterocycles. The first kappa shape index (κ1) is 20.7. The number of anilines is 3. The molecule has 0 saturated carbocycles. The van der Waals surface area contributed by atoms with Crippen LogP contribution in [0, 0.1) is 17.2 Å². The molecule has 0 aliphatic carbocycles. The minimum Gasteiger partial charge on any atom is -0.341 e. The van der Waals surface area contributed by atoms with Crippen LogP contribution in [0.3, 0.4) is 0 Å². The summed E-state index contributed by atoms with van der Waals surface area (Å²) < 4.78 is 12.4. The molecular weight excluding hydrogens is 397 g/mol. The van der Waals surface area contributed by atoms with Crippen LogP contribution in [0.25, 0.3) is 10.9 Å². The number of nitrogens with zero attached hydrogens (tertiary/aromatic N) is 5. The lowest BCUT2D eigenvalue weighted by Gasteiger charge is -2.31. The fourth-order valence-corrected chi connectivity index (χ4v) is 3.85. The molecule has 2 aromatic heterocycles. The van der Waals surface area contributed by atoms with Gasteiger partial charge in [-0.05, 0) is 49.3 Å². The Labute approximate surface area is 179 Å². The largest absolute Gasteiger partial charge is 0.341 e. The monoisotopic (exact) mass is 421 g/mol. The Balaban J connectivity index is 1.62. The molecule has 3 aromatic rings. The standard InChI is InChI=1S/C22H24FN7O/c23-10-1-2-15-3-5-17(6-4-15)26-20-19-18(14-25-29-21(19)31)27-22(28-20)30-12-8-16(7-11-24)9-13-30/h3-6,14,16H,1-2,7-10,12-13H2,(H,29,31)(H,26,27,28). The van der Waals surface area contributed by atoms with Gasteiger partial charge in [0, 0.05) is 25.2 Å². The van der Waals surface area contributed by atoms with Crippen molar-refractivity contribution in [2.45, 2.75) is 32.1 Å². The maximum absolute atomic E-state index is 12.4. The smallest absolute Gasteiger partial charge is 0.277 e. The van der Waals surface area contributed by atoms with Crippen molar-refractivity contribution in [1.82, 2.24) is 20.2 Å². The highest BCUT2D eigenvalue weighted by Crippen LogP contribution is 2.27. The second-order valence-electron chi connectivity index (χ2n) is 7.74. The number of rotatable bonds is 7. The average molecular weight is 421 g/mol. The van der Waals surface area contributed by atoms with Gasteiger partial charge in [0.05, 0.1) is 18.9 Å². The van der Waals surface area contributed by atoms with Crippen LogP contribution in [0.2, 0.25) is 0 Å². The number of hydrogen-bond donors (Lipinski definition) is 2. The molecule has 8 nitrogen and oxygen atoms in total. The number of H-pyrrole nitrogens is 1. The normalized spacial score (nSPS) is 14.5. The van der Waals surface area contributed by atoms with Gasteiger partial charge in [-0.1, -0.05) is 12.1 Å². The van der Waals surface area contributed by atoms with Gasteiger partial charge in [0.1, 0.15) is 16.7 Å². The van der Waals surface area contributed by atoms with E-state index in [1.807, 2.05) is 24.3 Å². The molecule has 1 aliphatic rings. The maximum atomic E-state index is 12.4. The summed E-state index contributed by atoms with van der Waals surface area (Å²) in [5, 5.41) is 18.8. The van der Waals surface area contributed by atoms with Crippen LogP contribution >= 0.6 is 0 Å². The molecule has 0 radical (unpaired) electrons. The SMILES string of the molecule is N#CCC1CCN(c2nc(Nc3ccc(CCCF)cc3)c3c(=O)[nH]ncc3n2)CC1. The van der Waals surface area contributed by atoms with Crippen molar-refractivity contribution in [3.63, 3.8) is 0 Å². The first-order chi connectivity index (χ1) is 15.2. The van der Waals surface area contributed by atoms with E-state index in [0.717, 1.165) is 37.2 Å². The zero-order valence-corrected chi connectivity index (χ0v) is 17.1. The average Bonchev–Trinajstić information content (AvgIpc) is 2.79. The molecule has 31 heavy (non-hydrogen) atoms. The van der Waals surface area contributed by atoms with Crippen LogP contribution in [-0.2, 0) is 6.42 Å². The van der Waals surface area contributed by atoms with Crippen LogP contribution < -0.4 is 15.8 Å². The molecule has 1 saturated heterocycles. The minimum atomic E-state index is -0.362. The first-order valence-electron chi connectivity index (χ1n) is 10.5. The maximum Gasteiger partial charge on any atom is 0.277 e. The van der Waals surface area contributed by atoms with Crippen molar-refractivity contribution in [3.05, 3.63) is 46.4 Å². The fraction of sp³-hybridized carbons (Fsp3) is 0.409. The van der Waals surface area contributed by atoms with E-state index in [1.54, 1.807) is 0 Å². The van der Waals surface area contributed by atoms with Crippen molar-refractivity contribution < 1.29 is 4.39 Å². The van der Waals surface area contributed by atoms with E-state index >= 15 is 0 Å². The molecule has 0 amide bonds. The molecule has 0 spiro atoms. The molecule has 0 atom stereocenters. The predicted molar refractivity (Wildman–Crippen MR) is 117 cm³/mol. The van der Waals surface area contributed by atoms with Crippen molar-refractivity contribution in [2.75, 3.05) is 30.0 Å². The van der Waals surface area contributed by atoms with Crippen LogP contribution in [0.15, 0.2) is 35.3 Å². The van der Waals surface area contributed by atoms with Gasteiger partial charge < -0.3 is 10.2 Å². The van der Waals surface area contributed by atoms with E-state index < -0.39 is 0 Å². The van der Waals surface area contributed by atoms with E-state index in [-0.39, 0.29) is 12.2 Å². The molecular formula is C22H24FN7O. The van der Waals surface area contributed by atoms with Crippen LogP contribution in [0.1, 0.15) is 31.2 Å². The molecule has 2 N–H and O–H groups in total. The van der Waals surface area contributed by atoms with Gasteiger partial charge in [0.15, 0.2) is 0 Å². The van der Waals surface area contributed by atoms with Crippen molar-refractivity contribution in [2.24, 2.45) is 5.92 Å². The molecule has 4 rings (SSSR count). The number of alkyl halides is 1. The highest BCUT2D eigenvalue weighted by atomic mass is 19.1. The Morgan fingerprint density at radius 2 is 2.00 bits per heavy atom. The summed E-state index contributed by atoms with van der Waals surface area (Å²) >= 11 is 0. The predicted octanol–water partition coefficient (Wildman–Crippen LogP) is 3.49. The third-order valence-electron chi connectivity index (χ3n) is 5.60. The lowest BCUT2D eigenvalue weighted by atomic mass is 9.94. The van der Waals surface area contributed by atoms with Crippen LogP contribution in [-0.4, -0.2) is 39.9 Å². The Bertz CT molecular complexity index is 1130. The lowest BCUT2D eigenvalue weighted by molar-refractivity contribution is 0.409. The zero-order chi connectivity index (χ0) is 21.6. The van der Waals surface area contributed by atoms with Gasteiger partial charge in [0.2, 0.25) is 5.95 Å². The second kappa shape index (κ2) is 9.51. The number of benzene rings is 1. The summed E-state index contributed by atoms with van der Waals surface area (Å²) in [6.07, 6.45) is 5.09. The molecule has 0 bridgehead atoms. The number of aromatic nitrogens is 4. The summed E-state index contributed by atoms with van der Waals surface area (Å²) in [7, 11) is 0. The molecule has 0 unspecified atom stereocenters. The minimum absolute atomic E-state index is 0.333. The van der Waals surface area contributed by atoms with E-state index in [2.05, 4.69) is 36.5 Å². The van der Waals surface area contributed by atoms with Crippen molar-refractivity contribution in [1.29, 1.82) is 5.26 Å². The zero-order valence-electron chi connectivity index (χ0n) is 17.1. The van der Waals surface area contributed by atoms with Crippen LogP contribution in [0.5, 0.6) is 0 Å². The van der Waals surface area contributed by atoms with E-state index in [0.29, 0.717) is 47.8 Å². The molecule has 9 heteroatoms. The third-order valence-corrected chi connectivity index (χ3v) is 5.60.